The monoisotopic (exact) mass is 422 g/mol. The van der Waals surface area contributed by atoms with Crippen molar-refractivity contribution in [3.05, 3.63) is 35.5 Å². The molecule has 2 atom stereocenters. The second-order valence-corrected chi connectivity index (χ2v) is 6.97. The van der Waals surface area contributed by atoms with Gasteiger partial charge in [-0.3, -0.25) is 19.2 Å². The van der Waals surface area contributed by atoms with Gasteiger partial charge in [0.2, 0.25) is 11.8 Å². The van der Waals surface area contributed by atoms with Crippen LogP contribution in [-0.2, 0) is 14.4 Å². The van der Waals surface area contributed by atoms with Crippen LogP contribution in [-0.4, -0.2) is 59.3 Å². The number of ketones is 1. The van der Waals surface area contributed by atoms with Crippen LogP contribution in [0.5, 0.6) is 0 Å². The number of Topliss-reactive ketones (excluding diaryl/α,β-unsaturated/α-hetero) is 1. The van der Waals surface area contributed by atoms with E-state index < -0.39 is 54.3 Å². The van der Waals surface area contributed by atoms with Crippen LogP contribution >= 0.6 is 0 Å². The first kappa shape index (κ1) is 21.4. The fraction of sp³-hybridized carbons (Fsp3) is 0.368. The number of aromatic nitrogens is 1. The summed E-state index contributed by atoms with van der Waals surface area (Å²) in [5.74, 6) is -4.42. The summed E-state index contributed by atoms with van der Waals surface area (Å²) >= 11 is 0. The number of carbonyl (C=O) groups is 4. The molecule has 0 radical (unpaired) electrons. The molecule has 5 N–H and O–H groups in total. The zero-order valence-corrected chi connectivity index (χ0v) is 15.8. The standard InChI is InChI=1S/C19H20F2N4O5/c20-11-3-10-5-14(25-17(10)12(21)6-11)19(30)23-7-16(28)24-13(15(27)8-26)4-9-1-2-22-18(9)29/h3,5-6,9,13,25-26H,1-2,4,7-8H2,(H,22,29)(H,23,30)(H,24,28)/t9-,13-/m0/s1. The van der Waals surface area contributed by atoms with Gasteiger partial charge in [-0.15, -0.1) is 0 Å². The van der Waals surface area contributed by atoms with Gasteiger partial charge in [0.15, 0.2) is 5.78 Å². The van der Waals surface area contributed by atoms with E-state index in [2.05, 4.69) is 20.9 Å². The minimum Gasteiger partial charge on any atom is -0.389 e. The zero-order valence-electron chi connectivity index (χ0n) is 15.8. The van der Waals surface area contributed by atoms with E-state index in [-0.39, 0.29) is 28.9 Å². The number of benzene rings is 1. The van der Waals surface area contributed by atoms with Gasteiger partial charge in [0.05, 0.1) is 18.1 Å². The van der Waals surface area contributed by atoms with Crippen molar-refractivity contribution >= 4 is 34.4 Å². The fourth-order valence-electron chi connectivity index (χ4n) is 3.32. The van der Waals surface area contributed by atoms with Gasteiger partial charge in [-0.2, -0.15) is 0 Å². The lowest BCUT2D eigenvalue weighted by atomic mass is 9.96. The highest BCUT2D eigenvalue weighted by Gasteiger charge is 2.31. The van der Waals surface area contributed by atoms with E-state index in [1.165, 1.54) is 6.07 Å². The van der Waals surface area contributed by atoms with Crippen molar-refractivity contribution in [3.8, 4) is 0 Å². The molecule has 1 fully saturated rings. The van der Waals surface area contributed by atoms with Crippen molar-refractivity contribution in [1.29, 1.82) is 0 Å². The molecule has 1 saturated heterocycles. The Morgan fingerprint density at radius 1 is 1.23 bits per heavy atom. The first-order valence-electron chi connectivity index (χ1n) is 9.25. The van der Waals surface area contributed by atoms with Gasteiger partial charge in [0.1, 0.15) is 23.9 Å². The number of fused-ring (bicyclic) bond motifs is 1. The molecule has 2 heterocycles. The molecule has 1 aliphatic rings. The number of aromatic amines is 1. The summed E-state index contributed by atoms with van der Waals surface area (Å²) in [4.78, 5) is 50.5. The Labute approximate surface area is 169 Å². The topological polar surface area (TPSA) is 140 Å². The van der Waals surface area contributed by atoms with E-state index in [9.17, 15) is 28.0 Å². The lowest BCUT2D eigenvalue weighted by molar-refractivity contribution is -0.130. The molecular weight excluding hydrogens is 402 g/mol. The highest BCUT2D eigenvalue weighted by Crippen LogP contribution is 2.20. The maximum absolute atomic E-state index is 13.7. The fourth-order valence-corrected chi connectivity index (χ4v) is 3.32. The highest BCUT2D eigenvalue weighted by atomic mass is 19.1. The Hall–Kier alpha value is -3.34. The molecule has 0 spiro atoms. The molecule has 2 aromatic rings. The molecule has 0 saturated carbocycles. The van der Waals surface area contributed by atoms with Gasteiger partial charge in [0.25, 0.3) is 5.91 Å². The first-order chi connectivity index (χ1) is 14.3. The van der Waals surface area contributed by atoms with Crippen LogP contribution < -0.4 is 16.0 Å². The lowest BCUT2D eigenvalue weighted by Gasteiger charge is -2.19. The number of hydrogen-bond acceptors (Lipinski definition) is 5. The summed E-state index contributed by atoms with van der Waals surface area (Å²) in [5, 5.41) is 16.6. The van der Waals surface area contributed by atoms with Crippen molar-refractivity contribution in [3.63, 3.8) is 0 Å². The second-order valence-electron chi connectivity index (χ2n) is 6.97. The minimum absolute atomic E-state index is 0.0395. The van der Waals surface area contributed by atoms with Gasteiger partial charge >= 0.3 is 0 Å². The van der Waals surface area contributed by atoms with Crippen LogP contribution in [0, 0.1) is 17.6 Å². The van der Waals surface area contributed by atoms with E-state index >= 15 is 0 Å². The normalized spacial score (nSPS) is 16.9. The summed E-state index contributed by atoms with van der Waals surface area (Å²) in [5.41, 5.74) is -0.123. The summed E-state index contributed by atoms with van der Waals surface area (Å²) in [6, 6.07) is 1.91. The van der Waals surface area contributed by atoms with Crippen molar-refractivity contribution in [2.75, 3.05) is 19.7 Å². The SMILES string of the molecule is O=C(CNC(=O)c1cc2cc(F)cc(F)c2[nH]1)N[C@@H](C[C@@H]1CCNC1=O)C(=O)CO. The second kappa shape index (κ2) is 8.99. The van der Waals surface area contributed by atoms with Crippen molar-refractivity contribution < 1.29 is 33.1 Å². The Morgan fingerprint density at radius 2 is 2.00 bits per heavy atom. The molecule has 0 unspecified atom stereocenters. The smallest absolute Gasteiger partial charge is 0.268 e. The number of nitrogens with one attached hydrogen (secondary N) is 4. The molecule has 1 aromatic heterocycles. The van der Waals surface area contributed by atoms with Gasteiger partial charge < -0.3 is 26.0 Å². The average molecular weight is 422 g/mol. The third-order valence-electron chi connectivity index (χ3n) is 4.86. The maximum Gasteiger partial charge on any atom is 0.268 e. The molecular formula is C19H20F2N4O5. The minimum atomic E-state index is -1.07. The molecule has 3 rings (SSSR count). The zero-order chi connectivity index (χ0) is 21.8. The molecule has 1 aliphatic heterocycles. The van der Waals surface area contributed by atoms with E-state index in [1.807, 2.05) is 0 Å². The van der Waals surface area contributed by atoms with Gasteiger partial charge in [-0.25, -0.2) is 8.78 Å². The Kier molecular flexibility index (Phi) is 6.40. The highest BCUT2D eigenvalue weighted by molar-refractivity contribution is 6.00. The summed E-state index contributed by atoms with van der Waals surface area (Å²) in [7, 11) is 0. The lowest BCUT2D eigenvalue weighted by Crippen LogP contribution is -2.47. The van der Waals surface area contributed by atoms with Crippen LogP contribution in [0.3, 0.4) is 0 Å². The molecule has 9 nitrogen and oxygen atoms in total. The maximum atomic E-state index is 13.7. The van der Waals surface area contributed by atoms with Gasteiger partial charge in [-0.1, -0.05) is 0 Å². The summed E-state index contributed by atoms with van der Waals surface area (Å²) < 4.78 is 27.0. The molecule has 11 heteroatoms. The number of halogens is 2. The summed E-state index contributed by atoms with van der Waals surface area (Å²) in [6.45, 7) is -0.831. The third-order valence-corrected chi connectivity index (χ3v) is 4.86. The van der Waals surface area contributed by atoms with E-state index in [0.29, 0.717) is 19.0 Å². The van der Waals surface area contributed by atoms with Crippen LogP contribution in [0.1, 0.15) is 23.3 Å². The number of aliphatic hydroxyl groups excluding tert-OH is 1. The largest absolute Gasteiger partial charge is 0.389 e. The number of carbonyl (C=O) groups excluding carboxylic acids is 4. The van der Waals surface area contributed by atoms with E-state index in [0.717, 1.165) is 6.07 Å². The van der Waals surface area contributed by atoms with E-state index in [4.69, 9.17) is 5.11 Å². The predicted octanol–water partition coefficient (Wildman–Crippen LogP) is -0.252. The van der Waals surface area contributed by atoms with Crippen LogP contribution in [0.2, 0.25) is 0 Å². The third kappa shape index (κ3) is 4.79. The Morgan fingerprint density at radius 3 is 2.67 bits per heavy atom. The molecule has 0 aliphatic carbocycles. The van der Waals surface area contributed by atoms with E-state index in [1.54, 1.807) is 0 Å². The van der Waals surface area contributed by atoms with Crippen molar-refractivity contribution in [2.45, 2.75) is 18.9 Å². The number of hydrogen-bond donors (Lipinski definition) is 5. The first-order valence-corrected chi connectivity index (χ1v) is 9.25. The quantitative estimate of drug-likeness (QED) is 0.399. The van der Waals surface area contributed by atoms with Crippen molar-refractivity contribution in [1.82, 2.24) is 20.9 Å². The molecule has 0 bridgehead atoms. The molecule has 30 heavy (non-hydrogen) atoms. The molecule has 3 amide bonds. The number of amides is 3. The number of rotatable bonds is 8. The Balaban J connectivity index is 1.59. The number of aliphatic hydroxyl groups is 1. The molecule has 1 aromatic carbocycles. The van der Waals surface area contributed by atoms with Crippen LogP contribution in [0.15, 0.2) is 18.2 Å². The van der Waals surface area contributed by atoms with Crippen molar-refractivity contribution in [2.24, 2.45) is 5.92 Å². The van der Waals surface area contributed by atoms with Crippen LogP contribution in [0.25, 0.3) is 10.9 Å². The van der Waals surface area contributed by atoms with Gasteiger partial charge in [-0.05, 0) is 25.0 Å². The number of H-pyrrole nitrogens is 1. The summed E-state index contributed by atoms with van der Waals surface area (Å²) in [6.07, 6.45) is 0.552. The average Bonchev–Trinajstić information content (AvgIpc) is 3.31. The predicted molar refractivity (Wildman–Crippen MR) is 100 cm³/mol. The molecule has 160 valence electrons. The van der Waals surface area contributed by atoms with Gasteiger partial charge in [0, 0.05) is 23.9 Å². The van der Waals surface area contributed by atoms with Crippen LogP contribution in [0.4, 0.5) is 8.78 Å². The Bertz CT molecular complexity index is 1010.